The van der Waals surface area contributed by atoms with Crippen molar-refractivity contribution in [1.82, 2.24) is 15.0 Å². The highest BCUT2D eigenvalue weighted by Gasteiger charge is 2.06. The maximum atomic E-state index is 5.98. The fourth-order valence-electron chi connectivity index (χ4n) is 1.74. The number of rotatable bonds is 4. The average Bonchev–Trinajstić information content (AvgIpc) is 2.33. The van der Waals surface area contributed by atoms with Crippen LogP contribution in [-0.2, 0) is 12.8 Å². The minimum absolute atomic E-state index is 0.258. The fraction of sp³-hybridized carbons (Fsp3) is 0.308. The van der Waals surface area contributed by atoms with Crippen LogP contribution < -0.4 is 5.73 Å². The molecule has 0 atom stereocenters. The van der Waals surface area contributed by atoms with Crippen LogP contribution in [0.15, 0.2) is 18.2 Å². The molecule has 2 aromatic rings. The number of nitrogen functional groups attached to an aromatic ring is 1. The number of benzene rings is 1. The molecule has 0 aliphatic rings. The van der Waals surface area contributed by atoms with Gasteiger partial charge in [-0.15, -0.1) is 0 Å². The van der Waals surface area contributed by atoms with Crippen LogP contribution in [0.2, 0.25) is 10.0 Å². The van der Waals surface area contributed by atoms with Crippen LogP contribution in [0.4, 0.5) is 5.95 Å². The quantitative estimate of drug-likeness (QED) is 0.940. The normalized spacial score (nSPS) is 10.7. The molecule has 0 saturated carbocycles. The smallest absolute Gasteiger partial charge is 0.223 e. The van der Waals surface area contributed by atoms with E-state index in [4.69, 9.17) is 28.9 Å². The Morgan fingerprint density at radius 2 is 1.79 bits per heavy atom. The highest BCUT2D eigenvalue weighted by Crippen LogP contribution is 2.23. The summed E-state index contributed by atoms with van der Waals surface area (Å²) in [6.45, 7) is 2.07. The Kier molecular flexibility index (Phi) is 4.56. The predicted molar refractivity (Wildman–Crippen MR) is 77.5 cm³/mol. The molecule has 0 radical (unpaired) electrons. The van der Waals surface area contributed by atoms with Crippen molar-refractivity contribution in [3.05, 3.63) is 45.5 Å². The summed E-state index contributed by atoms with van der Waals surface area (Å²) in [7, 11) is 0. The van der Waals surface area contributed by atoms with Gasteiger partial charge in [0.25, 0.3) is 0 Å². The van der Waals surface area contributed by atoms with E-state index >= 15 is 0 Å². The lowest BCUT2D eigenvalue weighted by atomic mass is 10.1. The van der Waals surface area contributed by atoms with Gasteiger partial charge in [0.2, 0.25) is 5.95 Å². The summed E-state index contributed by atoms with van der Waals surface area (Å²) in [5, 5.41) is 1.06. The molecule has 0 saturated heterocycles. The maximum Gasteiger partial charge on any atom is 0.223 e. The largest absolute Gasteiger partial charge is 0.368 e. The maximum absolute atomic E-state index is 5.98. The highest BCUT2D eigenvalue weighted by atomic mass is 35.5. The fourth-order valence-corrected chi connectivity index (χ4v) is 2.06. The Bertz CT molecular complexity index is 587. The Hall–Kier alpha value is -1.39. The molecule has 0 amide bonds. The third kappa shape index (κ3) is 3.78. The van der Waals surface area contributed by atoms with Crippen molar-refractivity contribution >= 4 is 29.2 Å². The molecule has 1 aromatic heterocycles. The van der Waals surface area contributed by atoms with Crippen molar-refractivity contribution in [2.75, 3.05) is 5.73 Å². The first kappa shape index (κ1) is 14.0. The van der Waals surface area contributed by atoms with E-state index in [0.717, 1.165) is 24.2 Å². The van der Waals surface area contributed by atoms with Crippen LogP contribution in [0.25, 0.3) is 0 Å². The van der Waals surface area contributed by atoms with Gasteiger partial charge >= 0.3 is 0 Å². The van der Waals surface area contributed by atoms with Crippen LogP contribution in [0, 0.1) is 0 Å². The standard InChI is InChI=1S/C13H14Cl2N4/c1-2-3-11-17-12(19-13(16)18-11)7-8-4-5-9(14)10(15)6-8/h4-6H,2-3,7H2,1H3,(H2,16,17,18,19). The SMILES string of the molecule is CCCc1nc(N)nc(Cc2ccc(Cl)c(Cl)c2)n1. The van der Waals surface area contributed by atoms with Crippen LogP contribution in [0.3, 0.4) is 0 Å². The van der Waals surface area contributed by atoms with Crippen molar-refractivity contribution in [2.45, 2.75) is 26.2 Å². The molecule has 0 unspecified atom stereocenters. The minimum Gasteiger partial charge on any atom is -0.368 e. The lowest BCUT2D eigenvalue weighted by Crippen LogP contribution is -2.07. The van der Waals surface area contributed by atoms with Gasteiger partial charge in [-0.05, 0) is 24.1 Å². The van der Waals surface area contributed by atoms with E-state index in [1.807, 2.05) is 12.1 Å². The van der Waals surface area contributed by atoms with Crippen LogP contribution in [0.5, 0.6) is 0 Å². The average molecular weight is 297 g/mol. The zero-order valence-corrected chi connectivity index (χ0v) is 12.0. The Balaban J connectivity index is 2.24. The van der Waals surface area contributed by atoms with Gasteiger partial charge in [-0.25, -0.2) is 4.98 Å². The number of halogens is 2. The number of aromatic nitrogens is 3. The van der Waals surface area contributed by atoms with Crippen LogP contribution in [-0.4, -0.2) is 15.0 Å². The Morgan fingerprint density at radius 1 is 1.05 bits per heavy atom. The molecule has 100 valence electrons. The minimum atomic E-state index is 0.258. The van der Waals surface area contributed by atoms with E-state index in [1.54, 1.807) is 6.07 Å². The molecule has 0 aliphatic heterocycles. The summed E-state index contributed by atoms with van der Waals surface area (Å²) in [6.07, 6.45) is 2.32. The number of nitrogens with two attached hydrogens (primary N) is 1. The van der Waals surface area contributed by atoms with Crippen molar-refractivity contribution in [3.63, 3.8) is 0 Å². The summed E-state index contributed by atoms with van der Waals surface area (Å²) in [5.74, 6) is 1.63. The molecule has 0 spiro atoms. The molecule has 1 aromatic carbocycles. The summed E-state index contributed by atoms with van der Waals surface area (Å²) >= 11 is 11.9. The number of anilines is 1. The lowest BCUT2D eigenvalue weighted by Gasteiger charge is -2.05. The van der Waals surface area contributed by atoms with Gasteiger partial charge in [0.05, 0.1) is 10.0 Å². The number of aryl methyl sites for hydroxylation is 1. The Morgan fingerprint density at radius 3 is 2.47 bits per heavy atom. The Labute approximate surface area is 122 Å². The zero-order valence-electron chi connectivity index (χ0n) is 10.5. The van der Waals surface area contributed by atoms with Crippen LogP contribution >= 0.6 is 23.2 Å². The van der Waals surface area contributed by atoms with Gasteiger partial charge in [-0.1, -0.05) is 36.2 Å². The second-order valence-corrected chi connectivity index (χ2v) is 5.02. The molecule has 0 aliphatic carbocycles. The third-order valence-electron chi connectivity index (χ3n) is 2.57. The van der Waals surface area contributed by atoms with E-state index in [9.17, 15) is 0 Å². The topological polar surface area (TPSA) is 64.7 Å². The first-order chi connectivity index (χ1) is 9.08. The molecular formula is C13H14Cl2N4. The van der Waals surface area contributed by atoms with Gasteiger partial charge in [0.1, 0.15) is 11.6 Å². The first-order valence-electron chi connectivity index (χ1n) is 6.01. The first-order valence-corrected chi connectivity index (χ1v) is 6.77. The number of hydrogen-bond donors (Lipinski definition) is 1. The summed E-state index contributed by atoms with van der Waals surface area (Å²) in [6, 6.07) is 5.47. The second kappa shape index (κ2) is 6.17. The zero-order chi connectivity index (χ0) is 13.8. The molecule has 1 heterocycles. The van der Waals surface area contributed by atoms with E-state index in [0.29, 0.717) is 22.3 Å². The summed E-state index contributed by atoms with van der Waals surface area (Å²) in [4.78, 5) is 12.6. The summed E-state index contributed by atoms with van der Waals surface area (Å²) in [5.41, 5.74) is 6.68. The summed E-state index contributed by atoms with van der Waals surface area (Å²) < 4.78 is 0. The molecule has 2 rings (SSSR count). The van der Waals surface area contributed by atoms with Gasteiger partial charge in [-0.3, -0.25) is 0 Å². The number of nitrogens with zero attached hydrogens (tertiary/aromatic N) is 3. The second-order valence-electron chi connectivity index (χ2n) is 4.20. The molecule has 6 heteroatoms. The third-order valence-corrected chi connectivity index (χ3v) is 3.30. The van der Waals surface area contributed by atoms with Crippen molar-refractivity contribution < 1.29 is 0 Å². The van der Waals surface area contributed by atoms with Gasteiger partial charge < -0.3 is 5.73 Å². The predicted octanol–water partition coefficient (Wildman–Crippen LogP) is 3.30. The monoisotopic (exact) mass is 296 g/mol. The molecule has 0 fully saturated rings. The van der Waals surface area contributed by atoms with E-state index in [2.05, 4.69) is 21.9 Å². The van der Waals surface area contributed by atoms with Gasteiger partial charge in [0.15, 0.2) is 0 Å². The van der Waals surface area contributed by atoms with E-state index < -0.39 is 0 Å². The van der Waals surface area contributed by atoms with E-state index in [-0.39, 0.29) is 5.95 Å². The van der Waals surface area contributed by atoms with Crippen LogP contribution in [0.1, 0.15) is 30.6 Å². The van der Waals surface area contributed by atoms with E-state index in [1.165, 1.54) is 0 Å². The van der Waals surface area contributed by atoms with Crippen molar-refractivity contribution in [2.24, 2.45) is 0 Å². The van der Waals surface area contributed by atoms with Gasteiger partial charge in [-0.2, -0.15) is 9.97 Å². The number of hydrogen-bond acceptors (Lipinski definition) is 4. The van der Waals surface area contributed by atoms with Crippen molar-refractivity contribution in [1.29, 1.82) is 0 Å². The highest BCUT2D eigenvalue weighted by molar-refractivity contribution is 6.42. The van der Waals surface area contributed by atoms with Gasteiger partial charge in [0, 0.05) is 12.8 Å². The molecule has 19 heavy (non-hydrogen) atoms. The molecule has 0 bridgehead atoms. The van der Waals surface area contributed by atoms with Crippen molar-refractivity contribution in [3.8, 4) is 0 Å². The molecule has 4 nitrogen and oxygen atoms in total. The molecule has 2 N–H and O–H groups in total. The molecular weight excluding hydrogens is 283 g/mol. The lowest BCUT2D eigenvalue weighted by molar-refractivity contribution is 0.792.